The van der Waals surface area contributed by atoms with Gasteiger partial charge >= 0.3 is 17.9 Å². The van der Waals surface area contributed by atoms with Crippen LogP contribution in [0.3, 0.4) is 0 Å². The van der Waals surface area contributed by atoms with E-state index in [2.05, 4.69) is 19.7 Å². The van der Waals surface area contributed by atoms with Crippen molar-refractivity contribution in [1.82, 2.24) is 0 Å². The summed E-state index contributed by atoms with van der Waals surface area (Å²) in [6.45, 7) is 12.8. The van der Waals surface area contributed by atoms with Gasteiger partial charge in [0.15, 0.2) is 12.4 Å². The number of aliphatic hydroxyl groups is 5. The van der Waals surface area contributed by atoms with Gasteiger partial charge in [-0.25, -0.2) is 14.4 Å². The quantitative estimate of drug-likeness (QED) is 0.114. The first-order valence-electron chi connectivity index (χ1n) is 11.5. The molecule has 2 aliphatic heterocycles. The van der Waals surface area contributed by atoms with Crippen molar-refractivity contribution in [2.24, 2.45) is 0 Å². The first-order chi connectivity index (χ1) is 17.7. The van der Waals surface area contributed by atoms with E-state index in [9.17, 15) is 39.9 Å². The van der Waals surface area contributed by atoms with Crippen molar-refractivity contribution in [1.29, 1.82) is 0 Å². The molecule has 2 saturated heterocycles. The summed E-state index contributed by atoms with van der Waals surface area (Å²) in [6.07, 6.45) is -16.7. The maximum atomic E-state index is 12.6. The van der Waals surface area contributed by atoms with Crippen molar-refractivity contribution in [2.45, 2.75) is 82.2 Å². The molecule has 0 aliphatic carbocycles. The van der Waals surface area contributed by atoms with E-state index in [1.54, 1.807) is 0 Å². The zero-order valence-corrected chi connectivity index (χ0v) is 21.2. The summed E-state index contributed by atoms with van der Waals surface area (Å²) < 4.78 is 32.8. The Hall–Kier alpha value is -2.69. The Bertz CT molecular complexity index is 929. The highest BCUT2D eigenvalue weighted by Gasteiger charge is 2.55. The van der Waals surface area contributed by atoms with E-state index in [1.165, 1.54) is 20.8 Å². The van der Waals surface area contributed by atoms with E-state index < -0.39 is 92.5 Å². The Labute approximate surface area is 218 Å². The van der Waals surface area contributed by atoms with E-state index in [-0.39, 0.29) is 16.7 Å². The second-order valence-corrected chi connectivity index (χ2v) is 9.01. The molecule has 14 heteroatoms. The summed E-state index contributed by atoms with van der Waals surface area (Å²) in [4.78, 5) is 37.3. The molecule has 0 aromatic heterocycles. The minimum Gasteiger partial charge on any atom is -0.452 e. The normalized spacial score (nSPS) is 35.1. The number of rotatable bonds is 10. The molecule has 0 bridgehead atoms. The van der Waals surface area contributed by atoms with Crippen LogP contribution in [0.25, 0.3) is 0 Å². The highest BCUT2D eigenvalue weighted by molar-refractivity contribution is 5.88. The van der Waals surface area contributed by atoms with Gasteiger partial charge in [-0.05, 0) is 20.8 Å². The minimum atomic E-state index is -1.87. The summed E-state index contributed by atoms with van der Waals surface area (Å²) >= 11 is 0. The molecule has 10 atom stereocenters. The van der Waals surface area contributed by atoms with Gasteiger partial charge in [-0.3, -0.25) is 0 Å². The van der Waals surface area contributed by atoms with Crippen molar-refractivity contribution in [2.75, 3.05) is 13.2 Å². The predicted octanol–water partition coefficient (Wildman–Crippen LogP) is -2.02. The van der Waals surface area contributed by atoms with Crippen molar-refractivity contribution >= 4 is 17.9 Å². The molecule has 0 spiro atoms. The van der Waals surface area contributed by atoms with Gasteiger partial charge in [-0.2, -0.15) is 0 Å². The third kappa shape index (κ3) is 7.24. The average Bonchev–Trinajstić information content (AvgIpc) is 2.86. The molecular weight excluding hydrogens is 512 g/mol. The van der Waals surface area contributed by atoms with Gasteiger partial charge in [0.25, 0.3) is 0 Å². The lowest BCUT2D eigenvalue weighted by Gasteiger charge is -2.47. The smallest absolute Gasteiger partial charge is 0.335 e. The van der Waals surface area contributed by atoms with Gasteiger partial charge in [0, 0.05) is 16.7 Å². The van der Waals surface area contributed by atoms with Gasteiger partial charge in [0.1, 0.15) is 36.6 Å². The van der Waals surface area contributed by atoms with Crippen LogP contribution in [0.15, 0.2) is 36.5 Å². The molecule has 38 heavy (non-hydrogen) atoms. The number of hydrogen-bond donors (Lipinski definition) is 5. The molecule has 2 rings (SSSR count). The standard InChI is InChI=1S/C24H34O14/c1-9(2)20(30)35-18-17(37-23-16(29)15(28)14(27)12(7-25)33-23)13(8-26)34-24(38-22(32)11(5)6)19(18)36-21(31)10(3)4/h12-19,23-29H,1,3,5,7-8H2,2,4,6H3/t12-,13-,14-,15+,16-,17-,18+,19-,23-,24+/m1/s1. The lowest BCUT2D eigenvalue weighted by Crippen LogP contribution is -2.66. The third-order valence-corrected chi connectivity index (χ3v) is 5.67. The molecule has 2 heterocycles. The molecular formula is C24H34O14. The van der Waals surface area contributed by atoms with Crippen LogP contribution >= 0.6 is 0 Å². The van der Waals surface area contributed by atoms with Crippen molar-refractivity contribution in [3.8, 4) is 0 Å². The molecule has 0 saturated carbocycles. The topological polar surface area (TPSA) is 208 Å². The molecule has 0 unspecified atom stereocenters. The van der Waals surface area contributed by atoms with Gasteiger partial charge in [0.2, 0.25) is 12.4 Å². The van der Waals surface area contributed by atoms with E-state index >= 15 is 0 Å². The fourth-order valence-electron chi connectivity index (χ4n) is 3.53. The highest BCUT2D eigenvalue weighted by atomic mass is 16.8. The van der Waals surface area contributed by atoms with Crippen LogP contribution in [0.5, 0.6) is 0 Å². The maximum absolute atomic E-state index is 12.6. The molecule has 5 N–H and O–H groups in total. The molecule has 0 radical (unpaired) electrons. The fraction of sp³-hybridized carbons (Fsp3) is 0.625. The SMILES string of the molecule is C=C(C)C(=O)O[C@@H]1O[C@H](CO)[C@@H](O[C@H]2O[C@H](CO)[C@@H](O)[C@H](O)[C@H]2O)[C@H](OC(=O)C(=C)C)[C@H]1OC(=O)C(=C)C. The zero-order valence-electron chi connectivity index (χ0n) is 21.2. The zero-order chi connectivity index (χ0) is 28.9. The Morgan fingerprint density at radius 2 is 1.08 bits per heavy atom. The van der Waals surface area contributed by atoms with Gasteiger partial charge < -0.3 is 54.0 Å². The van der Waals surface area contributed by atoms with Crippen LogP contribution < -0.4 is 0 Å². The Morgan fingerprint density at radius 3 is 1.55 bits per heavy atom. The lowest BCUT2D eigenvalue weighted by atomic mass is 9.96. The van der Waals surface area contributed by atoms with E-state index in [0.29, 0.717) is 0 Å². The third-order valence-electron chi connectivity index (χ3n) is 5.67. The van der Waals surface area contributed by atoms with Crippen LogP contribution in [-0.2, 0) is 42.8 Å². The predicted molar refractivity (Wildman–Crippen MR) is 125 cm³/mol. The molecule has 14 nitrogen and oxygen atoms in total. The number of ether oxygens (including phenoxy) is 6. The van der Waals surface area contributed by atoms with Crippen LogP contribution in [0.2, 0.25) is 0 Å². The number of esters is 3. The minimum absolute atomic E-state index is 0.0469. The summed E-state index contributed by atoms with van der Waals surface area (Å²) in [7, 11) is 0. The Balaban J connectivity index is 2.54. The summed E-state index contributed by atoms with van der Waals surface area (Å²) in [5.74, 6) is -2.93. The lowest BCUT2D eigenvalue weighted by molar-refractivity contribution is -0.356. The Kier molecular flexibility index (Phi) is 11.1. The van der Waals surface area contributed by atoms with E-state index in [4.69, 9.17) is 28.4 Å². The molecule has 214 valence electrons. The summed E-state index contributed by atoms with van der Waals surface area (Å²) in [5, 5.41) is 50.2. The van der Waals surface area contributed by atoms with Crippen LogP contribution in [0.1, 0.15) is 20.8 Å². The highest BCUT2D eigenvalue weighted by Crippen LogP contribution is 2.33. The van der Waals surface area contributed by atoms with E-state index in [1.807, 2.05) is 0 Å². The molecule has 0 aromatic carbocycles. The largest absolute Gasteiger partial charge is 0.452 e. The molecule has 2 fully saturated rings. The van der Waals surface area contributed by atoms with Crippen LogP contribution in [0.4, 0.5) is 0 Å². The summed E-state index contributed by atoms with van der Waals surface area (Å²) in [5.41, 5.74) is -0.200. The molecule has 2 aliphatic rings. The number of hydrogen-bond acceptors (Lipinski definition) is 14. The van der Waals surface area contributed by atoms with Crippen LogP contribution in [0, 0.1) is 0 Å². The Morgan fingerprint density at radius 1 is 0.632 bits per heavy atom. The van der Waals surface area contributed by atoms with Gasteiger partial charge in [-0.1, -0.05) is 19.7 Å². The van der Waals surface area contributed by atoms with Crippen molar-refractivity contribution < 1.29 is 68.3 Å². The van der Waals surface area contributed by atoms with Crippen molar-refractivity contribution in [3.05, 3.63) is 36.5 Å². The van der Waals surface area contributed by atoms with Gasteiger partial charge in [-0.15, -0.1) is 0 Å². The number of carbonyl (C=O) groups excluding carboxylic acids is 3. The number of carbonyl (C=O) groups is 3. The fourth-order valence-corrected chi connectivity index (χ4v) is 3.53. The van der Waals surface area contributed by atoms with Crippen LogP contribution in [-0.4, -0.2) is 118 Å². The second kappa shape index (κ2) is 13.4. The van der Waals surface area contributed by atoms with Crippen molar-refractivity contribution in [3.63, 3.8) is 0 Å². The number of aliphatic hydroxyl groups excluding tert-OH is 5. The average molecular weight is 547 g/mol. The maximum Gasteiger partial charge on any atom is 0.335 e. The van der Waals surface area contributed by atoms with E-state index in [0.717, 1.165) is 0 Å². The van der Waals surface area contributed by atoms with Gasteiger partial charge in [0.05, 0.1) is 13.2 Å². The first kappa shape index (κ1) is 31.5. The monoisotopic (exact) mass is 546 g/mol. The second-order valence-electron chi connectivity index (χ2n) is 9.01. The molecule has 0 aromatic rings. The molecule has 0 amide bonds. The summed E-state index contributed by atoms with van der Waals surface area (Å²) in [6, 6.07) is 0. The first-order valence-corrected chi connectivity index (χ1v) is 11.5.